The number of anilines is 1. The molecule has 1 N–H and O–H groups in total. The molecule has 2 amide bonds. The average molecular weight is 246 g/mol. The number of nitrogens with zero attached hydrogens (tertiary/aromatic N) is 1. The van der Waals surface area contributed by atoms with Crippen molar-refractivity contribution >= 4 is 17.5 Å². The van der Waals surface area contributed by atoms with Gasteiger partial charge in [-0.1, -0.05) is 6.07 Å². The number of amides is 2. The second kappa shape index (κ2) is 4.80. The van der Waals surface area contributed by atoms with Crippen molar-refractivity contribution < 1.29 is 9.59 Å². The highest BCUT2D eigenvalue weighted by molar-refractivity contribution is 5.90. The topological polar surface area (TPSA) is 49.4 Å². The van der Waals surface area contributed by atoms with Gasteiger partial charge in [0, 0.05) is 32.6 Å². The molecule has 0 radical (unpaired) electrons. The molecule has 1 heterocycles. The molecule has 4 heteroatoms. The number of fused-ring (bicyclic) bond motifs is 1. The molecule has 0 saturated carbocycles. The van der Waals surface area contributed by atoms with Crippen LogP contribution < -0.4 is 5.32 Å². The van der Waals surface area contributed by atoms with Gasteiger partial charge in [-0.15, -0.1) is 0 Å². The SMILES string of the molecule is CC(=O)Nc1ccc(C)c2c1CCN(C(C)=O)C2. The smallest absolute Gasteiger partial charge is 0.221 e. The molecular formula is C14H18N2O2. The van der Waals surface area contributed by atoms with Crippen molar-refractivity contribution in [1.82, 2.24) is 4.90 Å². The van der Waals surface area contributed by atoms with Crippen LogP contribution in [0.1, 0.15) is 30.5 Å². The Morgan fingerprint density at radius 1 is 1.22 bits per heavy atom. The van der Waals surface area contributed by atoms with Crippen LogP contribution in [0.25, 0.3) is 0 Å². The van der Waals surface area contributed by atoms with Crippen LogP contribution in [-0.4, -0.2) is 23.3 Å². The molecule has 18 heavy (non-hydrogen) atoms. The number of hydrogen-bond donors (Lipinski definition) is 1. The number of aryl methyl sites for hydroxylation is 1. The van der Waals surface area contributed by atoms with Crippen molar-refractivity contribution in [2.24, 2.45) is 0 Å². The summed E-state index contributed by atoms with van der Waals surface area (Å²) < 4.78 is 0. The molecule has 96 valence electrons. The van der Waals surface area contributed by atoms with Gasteiger partial charge in [0.05, 0.1) is 0 Å². The molecule has 1 aliphatic rings. The normalized spacial score (nSPS) is 14.1. The summed E-state index contributed by atoms with van der Waals surface area (Å²) in [7, 11) is 0. The summed E-state index contributed by atoms with van der Waals surface area (Å²) in [5.41, 5.74) is 4.39. The third kappa shape index (κ3) is 2.37. The molecule has 4 nitrogen and oxygen atoms in total. The van der Waals surface area contributed by atoms with Crippen molar-refractivity contribution in [3.8, 4) is 0 Å². The minimum atomic E-state index is -0.0601. The number of hydrogen-bond acceptors (Lipinski definition) is 2. The fourth-order valence-electron chi connectivity index (χ4n) is 2.41. The summed E-state index contributed by atoms with van der Waals surface area (Å²) in [6.07, 6.45) is 0.798. The fourth-order valence-corrected chi connectivity index (χ4v) is 2.41. The summed E-state index contributed by atoms with van der Waals surface area (Å²) in [5.74, 6) is 0.0417. The average Bonchev–Trinajstić information content (AvgIpc) is 2.32. The molecular weight excluding hydrogens is 228 g/mol. The van der Waals surface area contributed by atoms with Gasteiger partial charge in [0.1, 0.15) is 0 Å². The van der Waals surface area contributed by atoms with Gasteiger partial charge in [-0.2, -0.15) is 0 Å². The van der Waals surface area contributed by atoms with Crippen LogP contribution >= 0.6 is 0 Å². The van der Waals surface area contributed by atoms with Gasteiger partial charge < -0.3 is 10.2 Å². The van der Waals surface area contributed by atoms with E-state index in [0.29, 0.717) is 6.54 Å². The van der Waals surface area contributed by atoms with E-state index in [1.54, 1.807) is 6.92 Å². The van der Waals surface area contributed by atoms with Crippen LogP contribution in [-0.2, 0) is 22.6 Å². The van der Waals surface area contributed by atoms with Gasteiger partial charge in [-0.25, -0.2) is 0 Å². The van der Waals surface area contributed by atoms with E-state index in [1.165, 1.54) is 23.6 Å². The Balaban J connectivity index is 2.38. The Hall–Kier alpha value is -1.84. The fraction of sp³-hybridized carbons (Fsp3) is 0.429. The van der Waals surface area contributed by atoms with E-state index >= 15 is 0 Å². The maximum Gasteiger partial charge on any atom is 0.221 e. The van der Waals surface area contributed by atoms with Gasteiger partial charge >= 0.3 is 0 Å². The van der Waals surface area contributed by atoms with Crippen molar-refractivity contribution in [2.45, 2.75) is 33.7 Å². The summed E-state index contributed by atoms with van der Waals surface area (Å²) in [6, 6.07) is 3.94. The third-order valence-corrected chi connectivity index (χ3v) is 3.40. The zero-order chi connectivity index (χ0) is 13.3. The molecule has 0 aliphatic carbocycles. The predicted octanol–water partition coefficient (Wildman–Crippen LogP) is 1.86. The van der Waals surface area contributed by atoms with E-state index < -0.39 is 0 Å². The maximum absolute atomic E-state index is 11.4. The number of benzene rings is 1. The molecule has 1 aliphatic heterocycles. The first-order chi connectivity index (χ1) is 8.49. The molecule has 1 aromatic rings. The standard InChI is InChI=1S/C14H18N2O2/c1-9-4-5-14(15-10(2)17)12-6-7-16(11(3)18)8-13(9)12/h4-5H,6-8H2,1-3H3,(H,15,17). The maximum atomic E-state index is 11.4. The number of carbonyl (C=O) groups excluding carboxylic acids is 2. The van der Waals surface area contributed by atoms with Crippen LogP contribution in [0.15, 0.2) is 12.1 Å². The van der Waals surface area contributed by atoms with E-state index in [4.69, 9.17) is 0 Å². The predicted molar refractivity (Wildman–Crippen MR) is 70.3 cm³/mol. The second-order valence-corrected chi connectivity index (χ2v) is 4.76. The lowest BCUT2D eigenvalue weighted by Gasteiger charge is -2.30. The molecule has 0 spiro atoms. The quantitative estimate of drug-likeness (QED) is 0.822. The summed E-state index contributed by atoms with van der Waals surface area (Å²) in [6.45, 7) is 6.51. The van der Waals surface area contributed by atoms with E-state index in [2.05, 4.69) is 5.32 Å². The Labute approximate surface area is 107 Å². The van der Waals surface area contributed by atoms with Gasteiger partial charge in [0.2, 0.25) is 11.8 Å². The molecule has 0 bridgehead atoms. The highest BCUT2D eigenvalue weighted by Gasteiger charge is 2.22. The number of rotatable bonds is 1. The van der Waals surface area contributed by atoms with Crippen molar-refractivity contribution in [2.75, 3.05) is 11.9 Å². The van der Waals surface area contributed by atoms with Crippen LogP contribution in [0.4, 0.5) is 5.69 Å². The molecule has 0 fully saturated rings. The Morgan fingerprint density at radius 3 is 2.56 bits per heavy atom. The molecule has 0 saturated heterocycles. The van der Waals surface area contributed by atoms with Crippen LogP contribution in [0, 0.1) is 6.92 Å². The van der Waals surface area contributed by atoms with Crippen molar-refractivity contribution in [1.29, 1.82) is 0 Å². The van der Waals surface area contributed by atoms with Gasteiger partial charge in [0.15, 0.2) is 0 Å². The summed E-state index contributed by atoms with van der Waals surface area (Å²) in [4.78, 5) is 24.5. The first-order valence-electron chi connectivity index (χ1n) is 6.13. The first kappa shape index (κ1) is 12.6. The second-order valence-electron chi connectivity index (χ2n) is 4.76. The van der Waals surface area contributed by atoms with E-state index in [9.17, 15) is 9.59 Å². The molecule has 2 rings (SSSR count). The molecule has 0 unspecified atom stereocenters. The van der Waals surface area contributed by atoms with E-state index in [0.717, 1.165) is 18.7 Å². The lowest BCUT2D eigenvalue weighted by molar-refractivity contribution is -0.129. The zero-order valence-corrected chi connectivity index (χ0v) is 11.0. The highest BCUT2D eigenvalue weighted by Crippen LogP contribution is 2.29. The monoisotopic (exact) mass is 246 g/mol. The Morgan fingerprint density at radius 2 is 1.94 bits per heavy atom. The van der Waals surface area contributed by atoms with Crippen molar-refractivity contribution in [3.63, 3.8) is 0 Å². The van der Waals surface area contributed by atoms with Crippen LogP contribution in [0.5, 0.6) is 0 Å². The minimum Gasteiger partial charge on any atom is -0.338 e. The molecule has 0 atom stereocenters. The zero-order valence-electron chi connectivity index (χ0n) is 11.0. The molecule has 1 aromatic carbocycles. The van der Waals surface area contributed by atoms with E-state index in [1.807, 2.05) is 24.0 Å². The highest BCUT2D eigenvalue weighted by atomic mass is 16.2. The first-order valence-corrected chi connectivity index (χ1v) is 6.13. The Bertz CT molecular complexity index is 509. The van der Waals surface area contributed by atoms with Gasteiger partial charge in [-0.05, 0) is 36.1 Å². The largest absolute Gasteiger partial charge is 0.338 e. The van der Waals surface area contributed by atoms with E-state index in [-0.39, 0.29) is 11.8 Å². The van der Waals surface area contributed by atoms with Gasteiger partial charge in [-0.3, -0.25) is 9.59 Å². The summed E-state index contributed by atoms with van der Waals surface area (Å²) in [5, 5.41) is 2.86. The number of carbonyl (C=O) groups is 2. The third-order valence-electron chi connectivity index (χ3n) is 3.40. The summed E-state index contributed by atoms with van der Waals surface area (Å²) >= 11 is 0. The Kier molecular flexibility index (Phi) is 3.36. The van der Waals surface area contributed by atoms with Crippen molar-refractivity contribution in [3.05, 3.63) is 28.8 Å². The van der Waals surface area contributed by atoms with Crippen LogP contribution in [0.2, 0.25) is 0 Å². The van der Waals surface area contributed by atoms with Crippen LogP contribution in [0.3, 0.4) is 0 Å². The molecule has 0 aromatic heterocycles. The lowest BCUT2D eigenvalue weighted by atomic mass is 9.93. The lowest BCUT2D eigenvalue weighted by Crippen LogP contribution is -2.35. The minimum absolute atomic E-state index is 0.0601. The number of nitrogens with one attached hydrogen (secondary N) is 1. The van der Waals surface area contributed by atoms with Gasteiger partial charge in [0.25, 0.3) is 0 Å².